The van der Waals surface area contributed by atoms with Crippen LogP contribution in [-0.2, 0) is 14.3 Å². The number of anilines is 1. The van der Waals surface area contributed by atoms with Crippen molar-refractivity contribution in [2.75, 3.05) is 31.2 Å². The minimum absolute atomic E-state index is 0.0526. The fourth-order valence-electron chi connectivity index (χ4n) is 3.17. The number of nitrogens with zero attached hydrogens (tertiary/aromatic N) is 2. The number of aromatic nitrogens is 1. The molecule has 1 N–H and O–H groups in total. The second kappa shape index (κ2) is 5.89. The van der Waals surface area contributed by atoms with E-state index >= 15 is 0 Å². The fourth-order valence-corrected chi connectivity index (χ4v) is 3.17. The number of carboxylic acids is 1. The molecule has 7 heteroatoms. The van der Waals surface area contributed by atoms with Crippen molar-refractivity contribution in [2.24, 2.45) is 5.92 Å². The lowest BCUT2D eigenvalue weighted by molar-refractivity contribution is -0.169. The molecular weight excluding hydrogens is 288 g/mol. The van der Waals surface area contributed by atoms with Crippen LogP contribution in [0.3, 0.4) is 0 Å². The average molecular weight is 310 g/mol. The van der Waals surface area contributed by atoms with Crippen LogP contribution >= 0.6 is 0 Å². The first-order chi connectivity index (χ1) is 10.5. The van der Waals surface area contributed by atoms with Gasteiger partial charge in [0.2, 0.25) is 0 Å². The Morgan fingerprint density at radius 1 is 1.32 bits per heavy atom. The standard InChI is InChI=1S/C15H22N2O5/c1-10(2)13(14(18)19)11-9-12(16-22-11)17-5-3-15(4-6-17)20-7-8-21-15/h9-10,13H,3-8H2,1-2H3,(H,18,19). The van der Waals surface area contributed by atoms with Gasteiger partial charge in [-0.1, -0.05) is 19.0 Å². The highest BCUT2D eigenvalue weighted by atomic mass is 16.7. The van der Waals surface area contributed by atoms with Gasteiger partial charge in [-0.25, -0.2) is 0 Å². The normalized spacial score (nSPS) is 22.4. The molecule has 1 unspecified atom stereocenters. The SMILES string of the molecule is CC(C)C(C(=O)O)c1cc(N2CCC3(CC2)OCCO3)no1. The number of ether oxygens (including phenoxy) is 2. The summed E-state index contributed by atoms with van der Waals surface area (Å²) in [4.78, 5) is 13.4. The van der Waals surface area contributed by atoms with Crippen LogP contribution in [0.4, 0.5) is 5.82 Å². The summed E-state index contributed by atoms with van der Waals surface area (Å²) in [7, 11) is 0. The van der Waals surface area contributed by atoms with Crippen molar-refractivity contribution in [3.63, 3.8) is 0 Å². The number of hydrogen-bond acceptors (Lipinski definition) is 6. The Labute approximate surface area is 129 Å². The largest absolute Gasteiger partial charge is 0.481 e. The molecule has 122 valence electrons. The molecule has 1 spiro atoms. The monoisotopic (exact) mass is 310 g/mol. The van der Waals surface area contributed by atoms with Crippen LogP contribution in [0.25, 0.3) is 0 Å². The summed E-state index contributed by atoms with van der Waals surface area (Å²) < 4.78 is 16.7. The maximum atomic E-state index is 11.4. The van der Waals surface area contributed by atoms with Gasteiger partial charge in [-0.05, 0) is 5.92 Å². The molecular formula is C15H22N2O5. The lowest BCUT2D eigenvalue weighted by Gasteiger charge is -2.37. The minimum atomic E-state index is -0.886. The maximum Gasteiger partial charge on any atom is 0.314 e. The van der Waals surface area contributed by atoms with Gasteiger partial charge in [0.05, 0.1) is 13.2 Å². The summed E-state index contributed by atoms with van der Waals surface area (Å²) >= 11 is 0. The molecule has 0 amide bonds. The van der Waals surface area contributed by atoms with Crippen LogP contribution in [0.15, 0.2) is 10.6 Å². The summed E-state index contributed by atoms with van der Waals surface area (Å²) in [5.74, 6) is -0.934. The van der Waals surface area contributed by atoms with E-state index in [1.165, 1.54) is 0 Å². The summed E-state index contributed by atoms with van der Waals surface area (Å²) in [6.45, 7) is 6.54. The van der Waals surface area contributed by atoms with Crippen molar-refractivity contribution >= 4 is 11.8 Å². The van der Waals surface area contributed by atoms with Gasteiger partial charge in [0.1, 0.15) is 5.92 Å². The molecule has 2 aliphatic heterocycles. The molecule has 0 aliphatic carbocycles. The van der Waals surface area contributed by atoms with E-state index in [2.05, 4.69) is 10.1 Å². The smallest absolute Gasteiger partial charge is 0.314 e. The van der Waals surface area contributed by atoms with Crippen LogP contribution in [-0.4, -0.2) is 48.3 Å². The summed E-state index contributed by atoms with van der Waals surface area (Å²) in [6, 6.07) is 1.74. The van der Waals surface area contributed by atoms with Crippen molar-refractivity contribution in [2.45, 2.75) is 38.4 Å². The van der Waals surface area contributed by atoms with Gasteiger partial charge in [0, 0.05) is 32.0 Å². The number of carbonyl (C=O) groups is 1. The molecule has 2 saturated heterocycles. The maximum absolute atomic E-state index is 11.4. The van der Waals surface area contributed by atoms with Crippen LogP contribution in [0, 0.1) is 5.92 Å². The van der Waals surface area contributed by atoms with Crippen LogP contribution < -0.4 is 4.90 Å². The topological polar surface area (TPSA) is 85.0 Å². The van der Waals surface area contributed by atoms with E-state index in [0.717, 1.165) is 25.9 Å². The molecule has 0 bridgehead atoms. The van der Waals surface area contributed by atoms with Gasteiger partial charge in [-0.15, -0.1) is 0 Å². The Bertz CT molecular complexity index is 526. The van der Waals surface area contributed by atoms with E-state index in [4.69, 9.17) is 14.0 Å². The second-order valence-corrected chi connectivity index (χ2v) is 6.24. The van der Waals surface area contributed by atoms with Crippen LogP contribution in [0.1, 0.15) is 38.4 Å². The molecule has 2 aliphatic rings. The zero-order valence-electron chi connectivity index (χ0n) is 12.9. The molecule has 1 aromatic rings. The highest BCUT2D eigenvalue weighted by Crippen LogP contribution is 2.34. The summed E-state index contributed by atoms with van der Waals surface area (Å²) in [5, 5.41) is 13.4. The number of aliphatic carboxylic acids is 1. The molecule has 3 rings (SSSR count). The Morgan fingerprint density at radius 3 is 2.50 bits per heavy atom. The Kier molecular flexibility index (Phi) is 4.10. The first-order valence-electron chi connectivity index (χ1n) is 7.73. The Balaban J connectivity index is 1.68. The third-order valence-corrected chi connectivity index (χ3v) is 4.42. The highest BCUT2D eigenvalue weighted by Gasteiger charge is 2.40. The van der Waals surface area contributed by atoms with Crippen LogP contribution in [0.5, 0.6) is 0 Å². The molecule has 0 aromatic carbocycles. The zero-order chi connectivity index (χ0) is 15.7. The molecule has 0 saturated carbocycles. The van der Waals surface area contributed by atoms with E-state index in [-0.39, 0.29) is 5.92 Å². The predicted molar refractivity (Wildman–Crippen MR) is 77.8 cm³/mol. The van der Waals surface area contributed by atoms with E-state index < -0.39 is 17.7 Å². The van der Waals surface area contributed by atoms with Gasteiger partial charge >= 0.3 is 5.97 Å². The van der Waals surface area contributed by atoms with Gasteiger partial charge in [-0.3, -0.25) is 4.79 Å². The van der Waals surface area contributed by atoms with Gasteiger partial charge in [0.15, 0.2) is 17.4 Å². The number of rotatable bonds is 4. The van der Waals surface area contributed by atoms with E-state index in [9.17, 15) is 9.90 Å². The van der Waals surface area contributed by atoms with Crippen molar-refractivity contribution < 1.29 is 23.9 Å². The van der Waals surface area contributed by atoms with E-state index in [1.54, 1.807) is 6.07 Å². The van der Waals surface area contributed by atoms with Crippen molar-refractivity contribution in [3.8, 4) is 0 Å². The third kappa shape index (κ3) is 2.83. The molecule has 22 heavy (non-hydrogen) atoms. The lowest BCUT2D eigenvalue weighted by atomic mass is 9.93. The van der Waals surface area contributed by atoms with E-state index in [0.29, 0.717) is 24.8 Å². The Morgan fingerprint density at radius 2 is 1.95 bits per heavy atom. The lowest BCUT2D eigenvalue weighted by Crippen LogP contribution is -2.45. The quantitative estimate of drug-likeness (QED) is 0.908. The van der Waals surface area contributed by atoms with E-state index in [1.807, 2.05) is 13.8 Å². The summed E-state index contributed by atoms with van der Waals surface area (Å²) in [5.41, 5.74) is 0. The molecule has 3 heterocycles. The van der Waals surface area contributed by atoms with Gasteiger partial charge in [0.25, 0.3) is 0 Å². The average Bonchev–Trinajstić information content (AvgIpc) is 3.10. The van der Waals surface area contributed by atoms with Crippen molar-refractivity contribution in [3.05, 3.63) is 11.8 Å². The predicted octanol–water partition coefficient (Wildman–Crippen LogP) is 1.84. The third-order valence-electron chi connectivity index (χ3n) is 4.42. The molecule has 7 nitrogen and oxygen atoms in total. The Hall–Kier alpha value is -1.60. The van der Waals surface area contributed by atoms with Gasteiger partial charge < -0.3 is 24.0 Å². The van der Waals surface area contributed by atoms with Gasteiger partial charge in [-0.2, -0.15) is 0 Å². The van der Waals surface area contributed by atoms with Crippen LogP contribution in [0.2, 0.25) is 0 Å². The first-order valence-corrected chi connectivity index (χ1v) is 7.73. The fraction of sp³-hybridized carbons (Fsp3) is 0.733. The molecule has 1 atom stereocenters. The zero-order valence-corrected chi connectivity index (χ0v) is 12.9. The number of hydrogen-bond donors (Lipinski definition) is 1. The summed E-state index contributed by atoms with van der Waals surface area (Å²) in [6.07, 6.45) is 1.56. The second-order valence-electron chi connectivity index (χ2n) is 6.24. The molecule has 1 aromatic heterocycles. The number of carboxylic acid groups (broad SMARTS) is 1. The van der Waals surface area contributed by atoms with Crippen molar-refractivity contribution in [1.82, 2.24) is 5.16 Å². The van der Waals surface area contributed by atoms with Crippen molar-refractivity contribution in [1.29, 1.82) is 0 Å². The minimum Gasteiger partial charge on any atom is -0.481 e. The molecule has 0 radical (unpaired) electrons. The number of piperidine rings is 1. The molecule has 2 fully saturated rings. The highest BCUT2D eigenvalue weighted by molar-refractivity contribution is 5.75. The first kappa shape index (κ1) is 15.3.